The van der Waals surface area contributed by atoms with Gasteiger partial charge in [-0.15, -0.1) is 12.4 Å². The van der Waals surface area contributed by atoms with Crippen molar-refractivity contribution in [3.05, 3.63) is 24.3 Å². The summed E-state index contributed by atoms with van der Waals surface area (Å²) in [6.07, 6.45) is 7.25. The molecule has 2 rings (SSSR count). The van der Waals surface area contributed by atoms with Gasteiger partial charge in [-0.25, -0.2) is 9.97 Å². The molecule has 2 N–H and O–H groups in total. The standard InChI is InChI=1S/C7H9N3.ClH/c8-7(1-2-7)6-3-9-5-10-4-6;/h3-5H,1-2,8H2;1H. The molecule has 3 nitrogen and oxygen atoms in total. The van der Waals surface area contributed by atoms with E-state index in [9.17, 15) is 0 Å². The number of hydrogen-bond donors (Lipinski definition) is 1. The lowest BCUT2D eigenvalue weighted by molar-refractivity contribution is 0.728. The average Bonchev–Trinajstić information content (AvgIpc) is 2.72. The Labute approximate surface area is 71.5 Å². The largest absolute Gasteiger partial charge is 0.321 e. The van der Waals surface area contributed by atoms with Crippen molar-refractivity contribution in [3.8, 4) is 0 Å². The van der Waals surface area contributed by atoms with Crippen LogP contribution in [0.2, 0.25) is 0 Å². The highest BCUT2D eigenvalue weighted by atomic mass is 35.5. The van der Waals surface area contributed by atoms with E-state index in [2.05, 4.69) is 9.97 Å². The molecule has 0 aliphatic heterocycles. The Hall–Kier alpha value is -0.670. The molecule has 1 aromatic heterocycles. The Balaban J connectivity index is 0.000000605. The Morgan fingerprint density at radius 2 is 1.82 bits per heavy atom. The minimum atomic E-state index is -0.0821. The van der Waals surface area contributed by atoms with Gasteiger partial charge < -0.3 is 5.73 Å². The van der Waals surface area contributed by atoms with E-state index in [0.29, 0.717) is 0 Å². The van der Waals surface area contributed by atoms with Crippen LogP contribution in [0.15, 0.2) is 18.7 Å². The summed E-state index contributed by atoms with van der Waals surface area (Å²) in [6, 6.07) is 0. The van der Waals surface area contributed by atoms with E-state index in [1.54, 1.807) is 12.4 Å². The SMILES string of the molecule is Cl.NC1(c2cncnc2)CC1. The van der Waals surface area contributed by atoms with Crippen LogP contribution in [0, 0.1) is 0 Å². The molecule has 0 aromatic carbocycles. The molecule has 60 valence electrons. The highest BCUT2D eigenvalue weighted by Crippen LogP contribution is 2.41. The first kappa shape index (κ1) is 8.43. The van der Waals surface area contributed by atoms with E-state index >= 15 is 0 Å². The number of aromatic nitrogens is 2. The monoisotopic (exact) mass is 171 g/mol. The van der Waals surface area contributed by atoms with E-state index in [4.69, 9.17) is 5.73 Å². The van der Waals surface area contributed by atoms with Crippen molar-refractivity contribution in [3.63, 3.8) is 0 Å². The zero-order valence-electron chi connectivity index (χ0n) is 6.03. The maximum Gasteiger partial charge on any atom is 0.115 e. The predicted molar refractivity (Wildman–Crippen MR) is 44.4 cm³/mol. The zero-order chi connectivity index (χ0) is 7.03. The molecule has 0 saturated heterocycles. The van der Waals surface area contributed by atoms with Crippen molar-refractivity contribution in [2.24, 2.45) is 5.73 Å². The normalized spacial score (nSPS) is 18.6. The third-order valence-corrected chi connectivity index (χ3v) is 1.92. The van der Waals surface area contributed by atoms with Gasteiger partial charge >= 0.3 is 0 Å². The van der Waals surface area contributed by atoms with E-state index in [1.807, 2.05) is 0 Å². The molecule has 0 atom stereocenters. The van der Waals surface area contributed by atoms with Crippen LogP contribution in [0.1, 0.15) is 18.4 Å². The van der Waals surface area contributed by atoms with Gasteiger partial charge in [0.15, 0.2) is 0 Å². The second-order valence-electron chi connectivity index (χ2n) is 2.78. The first-order valence-corrected chi connectivity index (χ1v) is 3.36. The van der Waals surface area contributed by atoms with Gasteiger partial charge in [0.05, 0.1) is 0 Å². The Morgan fingerprint density at radius 3 is 2.27 bits per heavy atom. The molecule has 1 aromatic rings. The van der Waals surface area contributed by atoms with E-state index in [1.165, 1.54) is 6.33 Å². The maximum atomic E-state index is 5.89. The van der Waals surface area contributed by atoms with Gasteiger partial charge in [-0.2, -0.15) is 0 Å². The van der Waals surface area contributed by atoms with Crippen LogP contribution in [-0.4, -0.2) is 9.97 Å². The molecule has 0 spiro atoms. The van der Waals surface area contributed by atoms with Gasteiger partial charge in [-0.3, -0.25) is 0 Å². The molecular weight excluding hydrogens is 162 g/mol. The van der Waals surface area contributed by atoms with Crippen LogP contribution in [0.5, 0.6) is 0 Å². The fourth-order valence-corrected chi connectivity index (χ4v) is 0.980. The fraction of sp³-hybridized carbons (Fsp3) is 0.429. The van der Waals surface area contributed by atoms with Crippen LogP contribution in [0.3, 0.4) is 0 Å². The molecular formula is C7H10ClN3. The summed E-state index contributed by atoms with van der Waals surface area (Å²) in [7, 11) is 0. The van der Waals surface area contributed by atoms with Gasteiger partial charge in [0, 0.05) is 23.5 Å². The zero-order valence-corrected chi connectivity index (χ0v) is 6.84. The molecule has 4 heteroatoms. The maximum absolute atomic E-state index is 5.89. The lowest BCUT2D eigenvalue weighted by Crippen LogP contribution is -2.18. The van der Waals surface area contributed by atoms with Crippen molar-refractivity contribution in [2.75, 3.05) is 0 Å². The molecule has 1 fully saturated rings. The second kappa shape index (κ2) is 2.75. The Bertz CT molecular complexity index is 233. The third kappa shape index (κ3) is 1.49. The van der Waals surface area contributed by atoms with E-state index < -0.39 is 0 Å². The molecule has 0 unspecified atom stereocenters. The van der Waals surface area contributed by atoms with Gasteiger partial charge in [-0.1, -0.05) is 0 Å². The molecule has 0 bridgehead atoms. The lowest BCUT2D eigenvalue weighted by Gasteiger charge is -2.05. The van der Waals surface area contributed by atoms with Gasteiger partial charge in [0.2, 0.25) is 0 Å². The summed E-state index contributed by atoms with van der Waals surface area (Å²) in [5.74, 6) is 0. The number of nitrogens with zero attached hydrogens (tertiary/aromatic N) is 2. The molecule has 11 heavy (non-hydrogen) atoms. The molecule has 0 amide bonds. The van der Waals surface area contributed by atoms with Crippen molar-refractivity contribution in [2.45, 2.75) is 18.4 Å². The predicted octanol–water partition coefficient (Wildman–Crippen LogP) is 0.846. The first-order chi connectivity index (χ1) is 4.81. The quantitative estimate of drug-likeness (QED) is 0.682. The minimum absolute atomic E-state index is 0. The molecule has 1 heterocycles. The molecule has 1 aliphatic rings. The molecule has 1 saturated carbocycles. The highest BCUT2D eigenvalue weighted by molar-refractivity contribution is 5.85. The minimum Gasteiger partial charge on any atom is -0.321 e. The van der Waals surface area contributed by atoms with Crippen molar-refractivity contribution >= 4 is 12.4 Å². The van der Waals surface area contributed by atoms with Gasteiger partial charge in [0.25, 0.3) is 0 Å². The van der Waals surface area contributed by atoms with Crippen LogP contribution in [0.25, 0.3) is 0 Å². The summed E-state index contributed by atoms with van der Waals surface area (Å²) in [5.41, 5.74) is 6.87. The summed E-state index contributed by atoms with van der Waals surface area (Å²) in [6.45, 7) is 0. The second-order valence-corrected chi connectivity index (χ2v) is 2.78. The van der Waals surface area contributed by atoms with Crippen LogP contribution in [0.4, 0.5) is 0 Å². The number of nitrogens with two attached hydrogens (primary N) is 1. The van der Waals surface area contributed by atoms with Crippen molar-refractivity contribution in [1.29, 1.82) is 0 Å². The fourth-order valence-electron chi connectivity index (χ4n) is 0.980. The van der Waals surface area contributed by atoms with Crippen LogP contribution in [-0.2, 0) is 5.54 Å². The smallest absolute Gasteiger partial charge is 0.115 e. The molecule has 1 aliphatic carbocycles. The topological polar surface area (TPSA) is 51.8 Å². The van der Waals surface area contributed by atoms with Gasteiger partial charge in [-0.05, 0) is 12.8 Å². The summed E-state index contributed by atoms with van der Waals surface area (Å²) < 4.78 is 0. The van der Waals surface area contributed by atoms with E-state index in [0.717, 1.165) is 18.4 Å². The summed E-state index contributed by atoms with van der Waals surface area (Å²) in [5, 5.41) is 0. The summed E-state index contributed by atoms with van der Waals surface area (Å²) in [4.78, 5) is 7.80. The highest BCUT2D eigenvalue weighted by Gasteiger charge is 2.40. The number of halogens is 1. The first-order valence-electron chi connectivity index (χ1n) is 3.36. The van der Waals surface area contributed by atoms with Crippen LogP contribution < -0.4 is 5.73 Å². The van der Waals surface area contributed by atoms with Crippen molar-refractivity contribution < 1.29 is 0 Å². The number of rotatable bonds is 1. The van der Waals surface area contributed by atoms with E-state index in [-0.39, 0.29) is 17.9 Å². The van der Waals surface area contributed by atoms with Crippen molar-refractivity contribution in [1.82, 2.24) is 9.97 Å². The third-order valence-electron chi connectivity index (χ3n) is 1.92. The Kier molecular flexibility index (Phi) is 2.11. The van der Waals surface area contributed by atoms with Gasteiger partial charge in [0.1, 0.15) is 6.33 Å². The number of hydrogen-bond acceptors (Lipinski definition) is 3. The average molecular weight is 172 g/mol. The van der Waals surface area contributed by atoms with Crippen LogP contribution >= 0.6 is 12.4 Å². The lowest BCUT2D eigenvalue weighted by atomic mass is 10.1. The summed E-state index contributed by atoms with van der Waals surface area (Å²) >= 11 is 0. The Morgan fingerprint density at radius 1 is 1.27 bits per heavy atom. The molecule has 0 radical (unpaired) electrons.